The molecule has 2 rings (SSSR count). The molecule has 0 aliphatic carbocycles. The smallest absolute Gasteiger partial charge is 0.239 e. The van der Waals surface area contributed by atoms with Gasteiger partial charge in [-0.2, -0.15) is 0 Å². The number of primary amides is 1. The van der Waals surface area contributed by atoms with Gasteiger partial charge in [-0.25, -0.2) is 9.97 Å². The molecule has 1 atom stereocenters. The van der Waals surface area contributed by atoms with Crippen LogP contribution in [-0.4, -0.2) is 21.9 Å². The summed E-state index contributed by atoms with van der Waals surface area (Å²) in [6, 6.07) is 7.13. The van der Waals surface area contributed by atoms with Crippen LogP contribution in [0.4, 0.5) is 5.82 Å². The largest absolute Gasteiger partial charge is 0.368 e. The summed E-state index contributed by atoms with van der Waals surface area (Å²) in [5.41, 5.74) is 6.27. The number of alkyl halides is 1. The van der Waals surface area contributed by atoms with Crippen molar-refractivity contribution in [3.63, 3.8) is 0 Å². The number of nitrogens with two attached hydrogens (primary N) is 1. The maximum Gasteiger partial charge on any atom is 0.239 e. The molecule has 0 bridgehead atoms. The third-order valence-electron chi connectivity index (χ3n) is 3.13. The van der Waals surface area contributed by atoms with E-state index in [2.05, 4.69) is 15.3 Å². The first kappa shape index (κ1) is 15.5. The van der Waals surface area contributed by atoms with Crippen molar-refractivity contribution in [1.29, 1.82) is 0 Å². The molecule has 0 spiro atoms. The van der Waals surface area contributed by atoms with Gasteiger partial charge in [0.2, 0.25) is 5.91 Å². The fourth-order valence-electron chi connectivity index (χ4n) is 2.18. The summed E-state index contributed by atoms with van der Waals surface area (Å²) < 4.78 is 0. The van der Waals surface area contributed by atoms with Crippen molar-refractivity contribution >= 4 is 34.2 Å². The van der Waals surface area contributed by atoms with Gasteiger partial charge in [-0.05, 0) is 24.5 Å². The number of nitrogens with zero attached hydrogens (tertiary/aromatic N) is 2. The lowest BCUT2D eigenvalue weighted by Gasteiger charge is -2.19. The Kier molecular flexibility index (Phi) is 4.96. The molecule has 0 saturated carbocycles. The summed E-state index contributed by atoms with van der Waals surface area (Å²) in [6.45, 7) is 4.08. The van der Waals surface area contributed by atoms with Gasteiger partial charge in [0.25, 0.3) is 0 Å². The maximum atomic E-state index is 11.6. The first-order chi connectivity index (χ1) is 10.0. The molecule has 6 heteroatoms. The highest BCUT2D eigenvalue weighted by Crippen LogP contribution is 2.22. The highest BCUT2D eigenvalue weighted by molar-refractivity contribution is 6.16. The molecule has 0 aliphatic heterocycles. The number of nitrogens with one attached hydrogen (secondary N) is 1. The van der Waals surface area contributed by atoms with Crippen LogP contribution in [0.25, 0.3) is 10.9 Å². The molecule has 0 fully saturated rings. The summed E-state index contributed by atoms with van der Waals surface area (Å²) in [5, 5.41) is 3.99. The summed E-state index contributed by atoms with van der Waals surface area (Å²) in [7, 11) is 0. The Bertz CT molecular complexity index is 645. The van der Waals surface area contributed by atoms with E-state index in [0.29, 0.717) is 24.0 Å². The number of para-hydroxylation sites is 1. The van der Waals surface area contributed by atoms with Crippen LogP contribution in [-0.2, 0) is 10.7 Å². The standard InChI is InChI=1S/C15H19ClN4O/c1-9(2)7-12(14(17)21)19-15-10-5-3-4-6-11(10)18-13(8-16)20-15/h3-6,9,12H,7-8H2,1-2H3,(H2,17,21)(H,18,19,20)/t12-/m0/s1. The molecule has 0 saturated heterocycles. The number of amides is 1. The zero-order valence-electron chi connectivity index (χ0n) is 12.1. The topological polar surface area (TPSA) is 80.9 Å². The number of hydrogen-bond donors (Lipinski definition) is 2. The molecule has 1 heterocycles. The zero-order chi connectivity index (χ0) is 15.4. The summed E-state index contributed by atoms with van der Waals surface area (Å²) in [5.74, 6) is 1.28. The second-order valence-electron chi connectivity index (χ2n) is 5.37. The van der Waals surface area contributed by atoms with Crippen molar-refractivity contribution in [2.45, 2.75) is 32.2 Å². The van der Waals surface area contributed by atoms with E-state index in [1.165, 1.54) is 0 Å². The Morgan fingerprint density at radius 2 is 2.05 bits per heavy atom. The van der Waals surface area contributed by atoms with Crippen LogP contribution in [0.5, 0.6) is 0 Å². The Hall–Kier alpha value is -1.88. The number of carbonyl (C=O) groups is 1. The van der Waals surface area contributed by atoms with Crippen LogP contribution in [0.15, 0.2) is 24.3 Å². The maximum absolute atomic E-state index is 11.6. The van der Waals surface area contributed by atoms with Crippen molar-refractivity contribution in [2.75, 3.05) is 5.32 Å². The van der Waals surface area contributed by atoms with Gasteiger partial charge >= 0.3 is 0 Å². The summed E-state index contributed by atoms with van der Waals surface area (Å²) in [4.78, 5) is 20.4. The normalized spacial score (nSPS) is 12.6. The second kappa shape index (κ2) is 6.72. The Balaban J connectivity index is 2.41. The van der Waals surface area contributed by atoms with Crippen molar-refractivity contribution < 1.29 is 4.79 Å². The second-order valence-corrected chi connectivity index (χ2v) is 5.64. The number of fused-ring (bicyclic) bond motifs is 1. The number of aromatic nitrogens is 2. The van der Waals surface area contributed by atoms with Gasteiger partial charge in [0.05, 0.1) is 11.4 Å². The van der Waals surface area contributed by atoms with E-state index >= 15 is 0 Å². The molecule has 2 aromatic rings. The van der Waals surface area contributed by atoms with Crippen molar-refractivity contribution in [3.8, 4) is 0 Å². The third-order valence-corrected chi connectivity index (χ3v) is 3.37. The predicted octanol–water partition coefficient (Wildman–Crippen LogP) is 2.68. The average molecular weight is 307 g/mol. The number of benzene rings is 1. The predicted molar refractivity (Wildman–Crippen MR) is 85.2 cm³/mol. The number of halogens is 1. The SMILES string of the molecule is CC(C)C[C@H](Nc1nc(CCl)nc2ccccc12)C(N)=O. The molecule has 1 aromatic carbocycles. The van der Waals surface area contributed by atoms with Crippen LogP contribution in [0, 0.1) is 5.92 Å². The zero-order valence-corrected chi connectivity index (χ0v) is 12.9. The summed E-state index contributed by atoms with van der Waals surface area (Å²) >= 11 is 5.84. The van der Waals surface area contributed by atoms with Gasteiger partial charge < -0.3 is 11.1 Å². The fourth-order valence-corrected chi connectivity index (χ4v) is 2.30. The van der Waals surface area contributed by atoms with Gasteiger partial charge in [-0.15, -0.1) is 11.6 Å². The van der Waals surface area contributed by atoms with Gasteiger partial charge in [0.1, 0.15) is 17.7 Å². The van der Waals surface area contributed by atoms with E-state index in [9.17, 15) is 4.79 Å². The first-order valence-electron chi connectivity index (χ1n) is 6.88. The third kappa shape index (κ3) is 3.82. The minimum atomic E-state index is -0.466. The van der Waals surface area contributed by atoms with E-state index in [4.69, 9.17) is 17.3 Å². The molecule has 5 nitrogen and oxygen atoms in total. The molecule has 1 amide bonds. The van der Waals surface area contributed by atoms with Crippen LogP contribution < -0.4 is 11.1 Å². The van der Waals surface area contributed by atoms with Gasteiger partial charge in [-0.3, -0.25) is 4.79 Å². The lowest BCUT2D eigenvalue weighted by molar-refractivity contribution is -0.119. The van der Waals surface area contributed by atoms with Gasteiger partial charge in [0.15, 0.2) is 0 Å². The Labute approximate surface area is 128 Å². The lowest BCUT2D eigenvalue weighted by atomic mass is 10.0. The van der Waals surface area contributed by atoms with E-state index in [1.54, 1.807) is 0 Å². The van der Waals surface area contributed by atoms with Crippen LogP contribution >= 0.6 is 11.6 Å². The van der Waals surface area contributed by atoms with E-state index < -0.39 is 6.04 Å². The van der Waals surface area contributed by atoms with E-state index in [0.717, 1.165) is 10.9 Å². The minimum Gasteiger partial charge on any atom is -0.368 e. The molecule has 1 aromatic heterocycles. The highest BCUT2D eigenvalue weighted by Gasteiger charge is 2.19. The molecular formula is C15H19ClN4O. The highest BCUT2D eigenvalue weighted by atomic mass is 35.5. The molecule has 3 N–H and O–H groups in total. The quantitative estimate of drug-likeness (QED) is 0.804. The molecular weight excluding hydrogens is 288 g/mol. The van der Waals surface area contributed by atoms with Crippen LogP contribution in [0.2, 0.25) is 0 Å². The summed E-state index contributed by atoms with van der Waals surface area (Å²) in [6.07, 6.45) is 0.643. The number of carbonyl (C=O) groups excluding carboxylic acids is 1. The van der Waals surface area contributed by atoms with Crippen LogP contribution in [0.1, 0.15) is 26.1 Å². The Morgan fingerprint density at radius 3 is 2.67 bits per heavy atom. The molecule has 0 aliphatic rings. The monoisotopic (exact) mass is 306 g/mol. The van der Waals surface area contributed by atoms with Crippen molar-refractivity contribution in [1.82, 2.24) is 9.97 Å². The minimum absolute atomic E-state index is 0.213. The molecule has 0 unspecified atom stereocenters. The molecule has 112 valence electrons. The van der Waals surface area contributed by atoms with Crippen molar-refractivity contribution in [2.24, 2.45) is 11.7 Å². The number of hydrogen-bond acceptors (Lipinski definition) is 4. The lowest BCUT2D eigenvalue weighted by Crippen LogP contribution is -2.37. The van der Waals surface area contributed by atoms with Gasteiger partial charge in [-0.1, -0.05) is 26.0 Å². The number of rotatable bonds is 6. The van der Waals surface area contributed by atoms with E-state index in [1.807, 2.05) is 38.1 Å². The van der Waals surface area contributed by atoms with Gasteiger partial charge in [0, 0.05) is 5.39 Å². The Morgan fingerprint density at radius 1 is 1.33 bits per heavy atom. The molecule has 0 radical (unpaired) electrons. The van der Waals surface area contributed by atoms with Crippen molar-refractivity contribution in [3.05, 3.63) is 30.1 Å². The molecule has 21 heavy (non-hydrogen) atoms. The average Bonchev–Trinajstić information content (AvgIpc) is 2.45. The van der Waals surface area contributed by atoms with E-state index in [-0.39, 0.29) is 11.8 Å². The fraction of sp³-hybridized carbons (Fsp3) is 0.400. The van der Waals surface area contributed by atoms with Crippen LogP contribution in [0.3, 0.4) is 0 Å². The number of anilines is 1. The first-order valence-corrected chi connectivity index (χ1v) is 7.42.